The number of hydrogen-bond acceptors (Lipinski definition) is 3. The van der Waals surface area contributed by atoms with Crippen molar-refractivity contribution in [3.63, 3.8) is 0 Å². The lowest BCUT2D eigenvalue weighted by atomic mass is 9.78. The number of hydrogen-bond donors (Lipinski definition) is 0. The second-order valence-electron chi connectivity index (χ2n) is 9.05. The van der Waals surface area contributed by atoms with Crippen molar-refractivity contribution in [3.8, 4) is 0 Å². The number of piperidine rings is 1. The summed E-state index contributed by atoms with van der Waals surface area (Å²) in [5.41, 5.74) is 4.22. The summed E-state index contributed by atoms with van der Waals surface area (Å²) in [7, 11) is 0. The van der Waals surface area contributed by atoms with Crippen LogP contribution in [-0.4, -0.2) is 37.7 Å². The molecular weight excluding hydrogens is 358 g/mol. The molecule has 1 atom stereocenters. The van der Waals surface area contributed by atoms with Crippen molar-refractivity contribution in [2.24, 2.45) is 5.92 Å². The first-order chi connectivity index (χ1) is 14.3. The van der Waals surface area contributed by atoms with Crippen LogP contribution in [0.5, 0.6) is 0 Å². The summed E-state index contributed by atoms with van der Waals surface area (Å²) in [5.74, 6) is 0.941. The van der Waals surface area contributed by atoms with Gasteiger partial charge in [-0.2, -0.15) is 0 Å². The SMILES string of the molecule is c1ccc(C2CCN(CCCC3Cc4ccccc4C4(C3)OCCO4)CC2)cc1. The van der Waals surface area contributed by atoms with Gasteiger partial charge in [0.2, 0.25) is 0 Å². The normalized spacial score (nSPS) is 24.6. The molecule has 3 heteroatoms. The van der Waals surface area contributed by atoms with E-state index in [9.17, 15) is 0 Å². The van der Waals surface area contributed by atoms with Crippen LogP contribution in [0.1, 0.15) is 54.7 Å². The molecule has 3 nitrogen and oxygen atoms in total. The van der Waals surface area contributed by atoms with Crippen LogP contribution in [0.3, 0.4) is 0 Å². The number of nitrogens with zero attached hydrogens (tertiary/aromatic N) is 1. The minimum absolute atomic E-state index is 0.465. The Balaban J connectivity index is 1.12. The molecule has 2 heterocycles. The predicted molar refractivity (Wildman–Crippen MR) is 116 cm³/mol. The van der Waals surface area contributed by atoms with Gasteiger partial charge in [-0.1, -0.05) is 54.6 Å². The molecule has 2 aromatic rings. The molecule has 2 fully saturated rings. The number of rotatable bonds is 5. The molecule has 2 aliphatic heterocycles. The molecular formula is C26H33NO2. The predicted octanol–water partition coefficient (Wildman–Crippen LogP) is 5.11. The van der Waals surface area contributed by atoms with Crippen molar-refractivity contribution < 1.29 is 9.47 Å². The summed E-state index contributed by atoms with van der Waals surface area (Å²) >= 11 is 0. The lowest BCUT2D eigenvalue weighted by Gasteiger charge is -2.38. The van der Waals surface area contributed by atoms with Crippen LogP contribution < -0.4 is 0 Å². The Bertz CT molecular complexity index is 791. The van der Waals surface area contributed by atoms with Gasteiger partial charge >= 0.3 is 0 Å². The highest BCUT2D eigenvalue weighted by Crippen LogP contribution is 2.45. The van der Waals surface area contributed by atoms with Crippen molar-refractivity contribution in [2.45, 2.75) is 50.2 Å². The van der Waals surface area contributed by atoms with Crippen molar-refractivity contribution in [2.75, 3.05) is 32.8 Å². The molecule has 29 heavy (non-hydrogen) atoms. The van der Waals surface area contributed by atoms with Gasteiger partial charge in [-0.15, -0.1) is 0 Å². The first-order valence-corrected chi connectivity index (χ1v) is 11.5. The number of benzene rings is 2. The van der Waals surface area contributed by atoms with Gasteiger partial charge in [0.15, 0.2) is 5.79 Å². The van der Waals surface area contributed by atoms with Gasteiger partial charge in [0.1, 0.15) is 0 Å². The van der Waals surface area contributed by atoms with E-state index in [4.69, 9.17) is 9.47 Å². The van der Waals surface area contributed by atoms with Crippen LogP contribution >= 0.6 is 0 Å². The molecule has 0 radical (unpaired) electrons. The van der Waals surface area contributed by atoms with Crippen LogP contribution in [-0.2, 0) is 21.7 Å². The van der Waals surface area contributed by atoms with Crippen LogP contribution in [0.25, 0.3) is 0 Å². The van der Waals surface area contributed by atoms with Crippen molar-refractivity contribution in [1.82, 2.24) is 4.90 Å². The maximum atomic E-state index is 6.16. The van der Waals surface area contributed by atoms with E-state index in [1.54, 1.807) is 0 Å². The highest BCUT2D eigenvalue weighted by atomic mass is 16.7. The maximum Gasteiger partial charge on any atom is 0.195 e. The average Bonchev–Trinajstić information content (AvgIpc) is 3.24. The van der Waals surface area contributed by atoms with Crippen LogP contribution in [0, 0.1) is 5.92 Å². The highest BCUT2D eigenvalue weighted by molar-refractivity contribution is 5.34. The molecule has 2 saturated heterocycles. The third kappa shape index (κ3) is 4.14. The molecule has 5 rings (SSSR count). The molecule has 0 bridgehead atoms. The largest absolute Gasteiger partial charge is 0.343 e. The molecule has 154 valence electrons. The van der Waals surface area contributed by atoms with Gasteiger partial charge in [-0.05, 0) is 74.7 Å². The molecule has 2 aromatic carbocycles. The highest BCUT2D eigenvalue weighted by Gasteiger charge is 2.44. The summed E-state index contributed by atoms with van der Waals surface area (Å²) in [5, 5.41) is 0. The third-order valence-electron chi connectivity index (χ3n) is 7.19. The number of fused-ring (bicyclic) bond motifs is 2. The summed E-state index contributed by atoms with van der Waals surface area (Å²) in [6.07, 6.45) is 7.32. The molecule has 0 amide bonds. The van der Waals surface area contributed by atoms with Crippen molar-refractivity contribution in [1.29, 1.82) is 0 Å². The maximum absolute atomic E-state index is 6.16. The molecule has 1 aliphatic carbocycles. The molecule has 1 spiro atoms. The van der Waals surface area contributed by atoms with E-state index in [0.717, 1.165) is 25.6 Å². The Morgan fingerprint density at radius 1 is 0.897 bits per heavy atom. The van der Waals surface area contributed by atoms with Crippen molar-refractivity contribution in [3.05, 3.63) is 71.3 Å². The van der Waals surface area contributed by atoms with Crippen LogP contribution in [0.15, 0.2) is 54.6 Å². The van der Waals surface area contributed by atoms with Gasteiger partial charge in [0, 0.05) is 12.0 Å². The topological polar surface area (TPSA) is 21.7 Å². The molecule has 0 saturated carbocycles. The number of likely N-dealkylation sites (tertiary alicyclic amines) is 1. The monoisotopic (exact) mass is 391 g/mol. The van der Waals surface area contributed by atoms with Gasteiger partial charge < -0.3 is 14.4 Å². The van der Waals surface area contributed by atoms with Crippen molar-refractivity contribution >= 4 is 0 Å². The Morgan fingerprint density at radius 3 is 2.41 bits per heavy atom. The van der Waals surface area contributed by atoms with Gasteiger partial charge in [0.05, 0.1) is 13.2 Å². The smallest absolute Gasteiger partial charge is 0.195 e. The van der Waals surface area contributed by atoms with Crippen LogP contribution in [0.2, 0.25) is 0 Å². The van der Waals surface area contributed by atoms with Gasteiger partial charge in [0.25, 0.3) is 0 Å². The molecule has 3 aliphatic rings. The number of ether oxygens (including phenoxy) is 2. The molecule has 0 N–H and O–H groups in total. The fourth-order valence-corrected chi connectivity index (χ4v) is 5.69. The zero-order valence-electron chi connectivity index (χ0n) is 17.4. The Labute approximate surface area is 175 Å². The van der Waals surface area contributed by atoms with E-state index in [1.165, 1.54) is 68.4 Å². The first-order valence-electron chi connectivity index (χ1n) is 11.5. The molecule has 1 unspecified atom stereocenters. The van der Waals surface area contributed by atoms with E-state index in [0.29, 0.717) is 5.92 Å². The zero-order valence-corrected chi connectivity index (χ0v) is 17.4. The lowest BCUT2D eigenvalue weighted by Crippen LogP contribution is -2.37. The van der Waals surface area contributed by atoms with E-state index in [1.807, 2.05) is 0 Å². The Kier molecular flexibility index (Phi) is 5.72. The summed E-state index contributed by atoms with van der Waals surface area (Å²) in [4.78, 5) is 2.68. The first kappa shape index (κ1) is 19.3. The minimum atomic E-state index is -0.465. The zero-order chi connectivity index (χ0) is 19.5. The minimum Gasteiger partial charge on any atom is -0.343 e. The summed E-state index contributed by atoms with van der Waals surface area (Å²) in [6.45, 7) is 5.15. The van der Waals surface area contributed by atoms with Crippen LogP contribution in [0.4, 0.5) is 0 Å². The van der Waals surface area contributed by atoms with E-state index in [2.05, 4.69) is 59.5 Å². The fourth-order valence-electron chi connectivity index (χ4n) is 5.69. The second kappa shape index (κ2) is 8.59. The van der Waals surface area contributed by atoms with E-state index in [-0.39, 0.29) is 0 Å². The van der Waals surface area contributed by atoms with E-state index < -0.39 is 5.79 Å². The van der Waals surface area contributed by atoms with E-state index >= 15 is 0 Å². The average molecular weight is 392 g/mol. The fraction of sp³-hybridized carbons (Fsp3) is 0.538. The Morgan fingerprint density at radius 2 is 1.62 bits per heavy atom. The third-order valence-corrected chi connectivity index (χ3v) is 7.19. The lowest BCUT2D eigenvalue weighted by molar-refractivity contribution is -0.184. The Hall–Kier alpha value is -1.68. The second-order valence-corrected chi connectivity index (χ2v) is 9.05. The van der Waals surface area contributed by atoms with Gasteiger partial charge in [-0.25, -0.2) is 0 Å². The quantitative estimate of drug-likeness (QED) is 0.707. The summed E-state index contributed by atoms with van der Waals surface area (Å²) in [6, 6.07) is 19.8. The summed E-state index contributed by atoms with van der Waals surface area (Å²) < 4.78 is 12.3. The standard InChI is InChI=1S/C26H33NO2/c1-2-8-22(9-3-1)23-12-15-27(16-13-23)14-6-7-21-19-24-10-4-5-11-25(24)26(20-21)28-17-18-29-26/h1-5,8-11,21,23H,6-7,12-20H2. The van der Waals surface area contributed by atoms with Gasteiger partial charge in [-0.3, -0.25) is 0 Å². The molecule has 0 aromatic heterocycles.